The quantitative estimate of drug-likeness (QED) is 0.540. The third kappa shape index (κ3) is 4.36. The van der Waals surface area contributed by atoms with Gasteiger partial charge in [-0.05, 0) is 39.8 Å². The number of rotatable bonds is 6. The Morgan fingerprint density at radius 1 is 0.826 bits per heavy atom. The van der Waals surface area contributed by atoms with Gasteiger partial charge in [0, 0.05) is 22.7 Å². The minimum absolute atomic E-state index is 0.128. The Hall–Kier alpha value is -1.32. The summed E-state index contributed by atoms with van der Waals surface area (Å²) in [7, 11) is 3.48. The van der Waals surface area contributed by atoms with Crippen LogP contribution in [0.4, 0.5) is 0 Å². The van der Waals surface area contributed by atoms with E-state index in [-0.39, 0.29) is 34.1 Å². The van der Waals surface area contributed by atoms with Gasteiger partial charge in [0.1, 0.15) is 0 Å². The van der Waals surface area contributed by atoms with Crippen molar-refractivity contribution in [3.8, 4) is 0 Å². The average Bonchev–Trinajstić information content (AvgIpc) is 2.54. The van der Waals surface area contributed by atoms with Gasteiger partial charge >= 0.3 is 0 Å². The van der Waals surface area contributed by atoms with Crippen molar-refractivity contribution in [1.29, 1.82) is 0 Å². The molecule has 2 aliphatic rings. The van der Waals surface area contributed by atoms with Gasteiger partial charge in [-0.1, -0.05) is 0 Å². The Labute approximate surface area is 135 Å². The molecular formula is C14H26N4O5. The molecule has 0 aromatic heterocycles. The summed E-state index contributed by atoms with van der Waals surface area (Å²) in [5.74, 6) is 0. The molecule has 2 saturated carbocycles. The standard InChI is InChI=1S/C14H26N4O5/c1-15-11-5-3-9(7-13(11)17(19)20)23-10-4-6-12(16-2)14(8-10)18(21)22/h9-16H,3-8H2,1-2H3. The number of nitrogens with one attached hydrogen (secondary N) is 2. The number of ether oxygens (including phenoxy) is 1. The molecule has 132 valence electrons. The predicted octanol–water partition coefficient (Wildman–Crippen LogP) is 0.575. The van der Waals surface area contributed by atoms with Gasteiger partial charge in [0.2, 0.25) is 12.1 Å². The van der Waals surface area contributed by atoms with Crippen LogP contribution in [0.25, 0.3) is 0 Å². The minimum atomic E-state index is -0.654. The average molecular weight is 330 g/mol. The third-order valence-corrected chi connectivity index (χ3v) is 5.21. The lowest BCUT2D eigenvalue weighted by Gasteiger charge is -2.36. The highest BCUT2D eigenvalue weighted by Gasteiger charge is 2.42. The number of hydrogen-bond acceptors (Lipinski definition) is 7. The van der Waals surface area contributed by atoms with Crippen molar-refractivity contribution in [2.24, 2.45) is 0 Å². The molecule has 2 rings (SSSR count). The van der Waals surface area contributed by atoms with Crippen LogP contribution < -0.4 is 10.6 Å². The molecule has 0 spiro atoms. The molecule has 2 N–H and O–H groups in total. The zero-order chi connectivity index (χ0) is 17.0. The van der Waals surface area contributed by atoms with E-state index in [1.54, 1.807) is 14.1 Å². The van der Waals surface area contributed by atoms with Crippen molar-refractivity contribution in [2.45, 2.75) is 74.9 Å². The second-order valence-electron chi connectivity index (χ2n) is 6.50. The molecule has 9 heteroatoms. The molecule has 2 fully saturated rings. The van der Waals surface area contributed by atoms with E-state index in [9.17, 15) is 20.2 Å². The van der Waals surface area contributed by atoms with E-state index in [1.165, 1.54) is 0 Å². The number of nitrogens with zero attached hydrogens (tertiary/aromatic N) is 2. The minimum Gasteiger partial charge on any atom is -0.374 e. The van der Waals surface area contributed by atoms with Gasteiger partial charge in [-0.25, -0.2) is 0 Å². The van der Waals surface area contributed by atoms with Crippen LogP contribution in [-0.4, -0.2) is 60.3 Å². The van der Waals surface area contributed by atoms with E-state index in [1.807, 2.05) is 0 Å². The van der Waals surface area contributed by atoms with Gasteiger partial charge in [-0.2, -0.15) is 0 Å². The smallest absolute Gasteiger partial charge is 0.230 e. The van der Waals surface area contributed by atoms with Crippen LogP contribution in [0.5, 0.6) is 0 Å². The van der Waals surface area contributed by atoms with Crippen molar-refractivity contribution in [3.63, 3.8) is 0 Å². The Morgan fingerprint density at radius 3 is 1.52 bits per heavy atom. The van der Waals surface area contributed by atoms with Crippen molar-refractivity contribution < 1.29 is 14.6 Å². The van der Waals surface area contributed by atoms with Gasteiger partial charge in [0.05, 0.1) is 24.3 Å². The maximum absolute atomic E-state index is 11.2. The highest BCUT2D eigenvalue weighted by molar-refractivity contribution is 4.88. The fourth-order valence-electron chi connectivity index (χ4n) is 3.88. The topological polar surface area (TPSA) is 120 Å². The van der Waals surface area contributed by atoms with Gasteiger partial charge < -0.3 is 15.4 Å². The van der Waals surface area contributed by atoms with E-state index in [0.717, 1.165) is 12.8 Å². The summed E-state index contributed by atoms with van der Waals surface area (Å²) >= 11 is 0. The number of likely N-dealkylation sites (N-methyl/N-ethyl adjacent to an activating group) is 2. The lowest BCUT2D eigenvalue weighted by molar-refractivity contribution is -0.535. The first-order valence-electron chi connectivity index (χ1n) is 8.23. The maximum atomic E-state index is 11.2. The Balaban J connectivity index is 1.92. The lowest BCUT2D eigenvalue weighted by Crippen LogP contribution is -2.51. The van der Waals surface area contributed by atoms with Crippen LogP contribution in [-0.2, 0) is 4.74 Å². The second-order valence-corrected chi connectivity index (χ2v) is 6.50. The van der Waals surface area contributed by atoms with Crippen LogP contribution >= 0.6 is 0 Å². The number of hydrogen-bond donors (Lipinski definition) is 2. The van der Waals surface area contributed by atoms with Crippen LogP contribution in [0, 0.1) is 20.2 Å². The van der Waals surface area contributed by atoms with Gasteiger partial charge in [-0.15, -0.1) is 0 Å². The predicted molar refractivity (Wildman–Crippen MR) is 83.6 cm³/mol. The van der Waals surface area contributed by atoms with Crippen LogP contribution in [0.3, 0.4) is 0 Å². The zero-order valence-corrected chi connectivity index (χ0v) is 13.6. The fraction of sp³-hybridized carbons (Fsp3) is 1.00. The molecule has 0 radical (unpaired) electrons. The first-order chi connectivity index (χ1) is 11.0. The first-order valence-corrected chi connectivity index (χ1v) is 8.23. The number of nitro groups is 2. The van der Waals surface area contributed by atoms with E-state index in [2.05, 4.69) is 10.6 Å². The molecule has 6 atom stereocenters. The normalized spacial score (nSPS) is 38.2. The highest BCUT2D eigenvalue weighted by Crippen LogP contribution is 2.29. The molecule has 0 aromatic rings. The highest BCUT2D eigenvalue weighted by atomic mass is 16.6. The monoisotopic (exact) mass is 330 g/mol. The van der Waals surface area contributed by atoms with Crippen molar-refractivity contribution >= 4 is 0 Å². The van der Waals surface area contributed by atoms with Crippen molar-refractivity contribution in [2.75, 3.05) is 14.1 Å². The third-order valence-electron chi connectivity index (χ3n) is 5.21. The van der Waals surface area contributed by atoms with E-state index >= 15 is 0 Å². The van der Waals surface area contributed by atoms with E-state index in [0.29, 0.717) is 25.7 Å². The summed E-state index contributed by atoms with van der Waals surface area (Å²) in [6, 6.07) is -1.56. The summed E-state index contributed by atoms with van der Waals surface area (Å²) < 4.78 is 6.01. The summed E-state index contributed by atoms with van der Waals surface area (Å²) in [6.45, 7) is 0. The summed E-state index contributed by atoms with van der Waals surface area (Å²) in [5, 5.41) is 28.4. The Bertz CT molecular complexity index is 397. The first kappa shape index (κ1) is 18.0. The maximum Gasteiger partial charge on any atom is 0.230 e. The van der Waals surface area contributed by atoms with E-state index in [4.69, 9.17) is 4.74 Å². The van der Waals surface area contributed by atoms with Crippen LogP contribution in [0.15, 0.2) is 0 Å². The molecular weight excluding hydrogens is 304 g/mol. The van der Waals surface area contributed by atoms with E-state index < -0.39 is 12.1 Å². The van der Waals surface area contributed by atoms with Crippen molar-refractivity contribution in [3.05, 3.63) is 20.2 Å². The summed E-state index contributed by atoms with van der Waals surface area (Å²) in [4.78, 5) is 21.9. The molecule has 6 unspecified atom stereocenters. The molecule has 0 bridgehead atoms. The lowest BCUT2D eigenvalue weighted by atomic mass is 9.86. The summed E-state index contributed by atoms with van der Waals surface area (Å²) in [6.07, 6.45) is 3.27. The Morgan fingerprint density at radius 2 is 1.22 bits per heavy atom. The molecule has 0 amide bonds. The molecule has 23 heavy (non-hydrogen) atoms. The molecule has 0 heterocycles. The zero-order valence-electron chi connectivity index (χ0n) is 13.6. The Kier molecular flexibility index (Phi) is 6.25. The second kappa shape index (κ2) is 7.98. The molecule has 0 aliphatic heterocycles. The van der Waals surface area contributed by atoms with Gasteiger partial charge in [0.15, 0.2) is 0 Å². The van der Waals surface area contributed by atoms with Gasteiger partial charge in [0.25, 0.3) is 0 Å². The van der Waals surface area contributed by atoms with Crippen molar-refractivity contribution in [1.82, 2.24) is 10.6 Å². The summed E-state index contributed by atoms with van der Waals surface area (Å²) in [5.41, 5.74) is 0. The van der Waals surface area contributed by atoms with Gasteiger partial charge in [-0.3, -0.25) is 20.2 Å². The molecule has 0 saturated heterocycles. The largest absolute Gasteiger partial charge is 0.374 e. The molecule has 0 aromatic carbocycles. The molecule has 9 nitrogen and oxygen atoms in total. The molecule has 2 aliphatic carbocycles. The van der Waals surface area contributed by atoms with Crippen LogP contribution in [0.2, 0.25) is 0 Å². The van der Waals surface area contributed by atoms with Crippen LogP contribution in [0.1, 0.15) is 38.5 Å². The SMILES string of the molecule is CNC1CCC(OC2CCC(NC)C([N+](=O)[O-])C2)CC1[N+](=O)[O-]. The fourth-order valence-corrected chi connectivity index (χ4v) is 3.88.